The molecule has 2 aromatic heterocycles. The summed E-state index contributed by atoms with van der Waals surface area (Å²) < 4.78 is 13.2. The number of imidazole rings is 1. The third kappa shape index (κ3) is 2.99. The minimum atomic E-state index is -1.37. The second-order valence-electron chi connectivity index (χ2n) is 7.24. The molecule has 0 amide bonds. The fraction of sp³-hybridized carbons (Fsp3) is 0.688. The highest BCUT2D eigenvalue weighted by Gasteiger charge is 2.54. The normalized spacial score (nSPS) is 20.8. The van der Waals surface area contributed by atoms with Crippen LogP contribution in [0.15, 0.2) is 12.7 Å². The molecule has 2 unspecified atom stereocenters. The van der Waals surface area contributed by atoms with Gasteiger partial charge in [-0.2, -0.15) is 0 Å². The zero-order valence-corrected chi connectivity index (χ0v) is 15.2. The molecule has 142 valence electrons. The Morgan fingerprint density at radius 1 is 1.38 bits per heavy atom. The van der Waals surface area contributed by atoms with E-state index >= 15 is 0 Å². The summed E-state index contributed by atoms with van der Waals surface area (Å²) in [6, 6.07) is 0. The number of hydrogen-bond donors (Lipinski definition) is 1. The highest BCUT2D eigenvalue weighted by atomic mass is 16.7. The number of nitrogens with two attached hydrogens (primary N) is 1. The number of ether oxygens (including phenoxy) is 2. The van der Waals surface area contributed by atoms with E-state index in [9.17, 15) is 10.1 Å². The van der Waals surface area contributed by atoms with Crippen molar-refractivity contribution in [3.8, 4) is 0 Å². The number of hydrogen-bond acceptors (Lipinski definition) is 8. The Kier molecular flexibility index (Phi) is 4.80. The molecule has 0 saturated carbocycles. The lowest BCUT2D eigenvalue weighted by molar-refractivity contribution is -0.580. The third-order valence-electron chi connectivity index (χ3n) is 5.36. The van der Waals surface area contributed by atoms with Crippen LogP contribution in [0.4, 0.5) is 5.82 Å². The maximum Gasteiger partial charge on any atom is 0.241 e. The van der Waals surface area contributed by atoms with E-state index in [1.807, 2.05) is 0 Å². The molecule has 10 heteroatoms. The maximum absolute atomic E-state index is 11.8. The van der Waals surface area contributed by atoms with Gasteiger partial charge in [0.2, 0.25) is 5.54 Å². The van der Waals surface area contributed by atoms with Crippen molar-refractivity contribution in [3.05, 3.63) is 22.8 Å². The van der Waals surface area contributed by atoms with Crippen molar-refractivity contribution in [2.75, 3.05) is 18.9 Å². The quantitative estimate of drug-likeness (QED) is 0.605. The first-order valence-corrected chi connectivity index (χ1v) is 8.59. The smallest absolute Gasteiger partial charge is 0.241 e. The SMILES string of the molecule is CC(COC1CCCCO1)(n1cnc2c(N)ncnc21)C(C)(C)[N+](=O)[O-]. The third-order valence-corrected chi connectivity index (χ3v) is 5.36. The molecule has 10 nitrogen and oxygen atoms in total. The highest BCUT2D eigenvalue weighted by Crippen LogP contribution is 2.36. The summed E-state index contributed by atoms with van der Waals surface area (Å²) in [5.41, 5.74) is 4.26. The lowest BCUT2D eigenvalue weighted by atomic mass is 9.81. The average Bonchev–Trinajstić information content (AvgIpc) is 3.06. The molecule has 2 N–H and O–H groups in total. The first kappa shape index (κ1) is 18.5. The molecule has 0 aromatic carbocycles. The predicted octanol–water partition coefficient (Wildman–Crippen LogP) is 1.72. The Hall–Kier alpha value is -2.33. The van der Waals surface area contributed by atoms with Crippen LogP contribution in [0.2, 0.25) is 0 Å². The number of rotatable bonds is 6. The van der Waals surface area contributed by atoms with Crippen molar-refractivity contribution < 1.29 is 14.4 Å². The van der Waals surface area contributed by atoms with Gasteiger partial charge >= 0.3 is 0 Å². The molecular weight excluding hydrogens is 340 g/mol. The second kappa shape index (κ2) is 6.76. The lowest BCUT2D eigenvalue weighted by Gasteiger charge is -2.39. The summed E-state index contributed by atoms with van der Waals surface area (Å²) in [4.78, 5) is 23.9. The van der Waals surface area contributed by atoms with Gasteiger partial charge in [0.1, 0.15) is 17.4 Å². The van der Waals surface area contributed by atoms with Gasteiger partial charge in [0, 0.05) is 25.4 Å². The average molecular weight is 364 g/mol. The number of anilines is 1. The largest absolute Gasteiger partial charge is 0.382 e. The minimum Gasteiger partial charge on any atom is -0.382 e. The van der Waals surface area contributed by atoms with Crippen molar-refractivity contribution in [2.45, 2.75) is 57.4 Å². The molecule has 0 spiro atoms. The van der Waals surface area contributed by atoms with Crippen LogP contribution in [0.1, 0.15) is 40.0 Å². The van der Waals surface area contributed by atoms with Gasteiger partial charge in [0.05, 0.1) is 12.9 Å². The van der Waals surface area contributed by atoms with Crippen molar-refractivity contribution in [3.63, 3.8) is 0 Å². The molecule has 1 fully saturated rings. The zero-order chi connectivity index (χ0) is 18.9. The van der Waals surface area contributed by atoms with Gasteiger partial charge in [0.25, 0.3) is 0 Å². The van der Waals surface area contributed by atoms with Crippen LogP contribution in [-0.4, -0.2) is 49.5 Å². The molecule has 1 aliphatic heterocycles. The molecule has 26 heavy (non-hydrogen) atoms. The van der Waals surface area contributed by atoms with Gasteiger partial charge in [-0.1, -0.05) is 0 Å². The van der Waals surface area contributed by atoms with E-state index < -0.39 is 11.1 Å². The van der Waals surface area contributed by atoms with Crippen molar-refractivity contribution in [1.82, 2.24) is 19.5 Å². The Bertz CT molecular complexity index is 801. The fourth-order valence-electron chi connectivity index (χ4n) is 3.05. The van der Waals surface area contributed by atoms with Crippen LogP contribution >= 0.6 is 0 Å². The first-order valence-electron chi connectivity index (χ1n) is 8.59. The van der Waals surface area contributed by atoms with E-state index in [0.29, 0.717) is 17.8 Å². The summed E-state index contributed by atoms with van der Waals surface area (Å²) in [5.74, 6) is 0.228. The van der Waals surface area contributed by atoms with Gasteiger partial charge in [-0.15, -0.1) is 0 Å². The number of nitro groups is 1. The van der Waals surface area contributed by atoms with E-state index in [1.165, 1.54) is 12.7 Å². The monoisotopic (exact) mass is 364 g/mol. The standard InChI is InChI=1S/C16H24N6O4/c1-15(2,22(23)24)16(3,8-26-11-6-4-5-7-25-11)21-10-20-12-13(17)18-9-19-14(12)21/h9-11H,4-8H2,1-3H3,(H2,17,18,19). The van der Waals surface area contributed by atoms with E-state index in [0.717, 1.165) is 19.3 Å². The number of nitrogen functional groups attached to an aromatic ring is 1. The predicted molar refractivity (Wildman–Crippen MR) is 94.0 cm³/mol. The number of fused-ring (bicyclic) bond motifs is 1. The first-order chi connectivity index (χ1) is 12.3. The lowest BCUT2D eigenvalue weighted by Crippen LogP contribution is -2.57. The summed E-state index contributed by atoms with van der Waals surface area (Å²) in [5, 5.41) is 11.8. The molecule has 0 bridgehead atoms. The van der Waals surface area contributed by atoms with Crippen LogP contribution in [0, 0.1) is 10.1 Å². The fourth-order valence-corrected chi connectivity index (χ4v) is 3.05. The molecule has 0 aliphatic carbocycles. The minimum absolute atomic E-state index is 0.0705. The summed E-state index contributed by atoms with van der Waals surface area (Å²) >= 11 is 0. The van der Waals surface area contributed by atoms with Crippen LogP contribution in [0.3, 0.4) is 0 Å². The van der Waals surface area contributed by atoms with Crippen molar-refractivity contribution >= 4 is 17.0 Å². The molecule has 1 aliphatic rings. The van der Waals surface area contributed by atoms with E-state index in [-0.39, 0.29) is 23.6 Å². The Morgan fingerprint density at radius 2 is 2.15 bits per heavy atom. The van der Waals surface area contributed by atoms with Crippen LogP contribution in [0.25, 0.3) is 11.2 Å². The van der Waals surface area contributed by atoms with Gasteiger partial charge in [-0.05, 0) is 26.2 Å². The van der Waals surface area contributed by atoms with Gasteiger partial charge in [-0.3, -0.25) is 14.7 Å². The van der Waals surface area contributed by atoms with Crippen molar-refractivity contribution in [1.29, 1.82) is 0 Å². The molecule has 3 rings (SSSR count). The number of aromatic nitrogens is 4. The summed E-state index contributed by atoms with van der Waals surface area (Å²) in [6.45, 7) is 5.60. The molecule has 2 atom stereocenters. The van der Waals surface area contributed by atoms with Crippen LogP contribution in [-0.2, 0) is 15.0 Å². The molecule has 0 radical (unpaired) electrons. The summed E-state index contributed by atoms with van der Waals surface area (Å²) in [6.07, 6.45) is 5.25. The Balaban J connectivity index is 2.02. The Morgan fingerprint density at radius 3 is 2.81 bits per heavy atom. The topological polar surface area (TPSA) is 131 Å². The molecule has 2 aromatic rings. The van der Waals surface area contributed by atoms with Crippen LogP contribution in [0.5, 0.6) is 0 Å². The number of nitrogens with zero attached hydrogens (tertiary/aromatic N) is 5. The maximum atomic E-state index is 11.8. The Labute approximate surface area is 150 Å². The molecular formula is C16H24N6O4. The van der Waals surface area contributed by atoms with E-state index in [1.54, 1.807) is 25.3 Å². The second-order valence-corrected chi connectivity index (χ2v) is 7.24. The summed E-state index contributed by atoms with van der Waals surface area (Å²) in [7, 11) is 0. The van der Waals surface area contributed by atoms with E-state index in [4.69, 9.17) is 15.2 Å². The van der Waals surface area contributed by atoms with Crippen LogP contribution < -0.4 is 5.73 Å². The van der Waals surface area contributed by atoms with Gasteiger partial charge < -0.3 is 15.2 Å². The van der Waals surface area contributed by atoms with Gasteiger partial charge in [-0.25, -0.2) is 15.0 Å². The zero-order valence-electron chi connectivity index (χ0n) is 15.2. The van der Waals surface area contributed by atoms with Gasteiger partial charge in [0.15, 0.2) is 17.8 Å². The molecule has 3 heterocycles. The van der Waals surface area contributed by atoms with Crippen molar-refractivity contribution in [2.24, 2.45) is 0 Å². The molecule has 1 saturated heterocycles. The highest BCUT2D eigenvalue weighted by molar-refractivity contribution is 5.81. The van der Waals surface area contributed by atoms with E-state index in [2.05, 4.69) is 15.0 Å².